The highest BCUT2D eigenvalue weighted by molar-refractivity contribution is 5.94. The zero-order valence-corrected chi connectivity index (χ0v) is 13.8. The average Bonchev–Trinajstić information content (AvgIpc) is 2.61. The first-order valence-electron chi connectivity index (χ1n) is 7.95. The van der Waals surface area contributed by atoms with Crippen molar-refractivity contribution in [3.63, 3.8) is 0 Å². The minimum absolute atomic E-state index is 0.113. The number of ether oxygens (including phenoxy) is 1. The van der Waals surface area contributed by atoms with Gasteiger partial charge in [0.2, 0.25) is 0 Å². The van der Waals surface area contributed by atoms with Gasteiger partial charge in [-0.25, -0.2) is 0 Å². The van der Waals surface area contributed by atoms with Gasteiger partial charge in [0.1, 0.15) is 11.3 Å². The summed E-state index contributed by atoms with van der Waals surface area (Å²) < 4.78 is 5.19. The second-order valence-corrected chi connectivity index (χ2v) is 5.88. The molecule has 1 aromatic heterocycles. The van der Waals surface area contributed by atoms with E-state index in [0.717, 1.165) is 17.0 Å². The first-order chi connectivity index (χ1) is 11.6. The Morgan fingerprint density at radius 2 is 1.96 bits per heavy atom. The molecule has 1 fully saturated rings. The molecule has 6 heteroatoms. The molecule has 1 aliphatic heterocycles. The highest BCUT2D eigenvalue weighted by Crippen LogP contribution is 2.25. The van der Waals surface area contributed by atoms with Crippen LogP contribution in [0, 0.1) is 6.92 Å². The number of aromatic nitrogens is 1. The normalized spacial score (nSPS) is 17.6. The highest BCUT2D eigenvalue weighted by atomic mass is 16.5. The van der Waals surface area contributed by atoms with Gasteiger partial charge in [0.05, 0.1) is 13.2 Å². The molecule has 2 N–H and O–H groups in total. The lowest BCUT2D eigenvalue weighted by Crippen LogP contribution is -2.49. The van der Waals surface area contributed by atoms with Crippen molar-refractivity contribution in [3.05, 3.63) is 63.6 Å². The van der Waals surface area contributed by atoms with E-state index in [0.29, 0.717) is 19.6 Å². The summed E-state index contributed by atoms with van der Waals surface area (Å²) in [6.07, 6.45) is 0. The maximum absolute atomic E-state index is 12.9. The summed E-state index contributed by atoms with van der Waals surface area (Å²) in [6.45, 7) is 3.72. The molecule has 0 spiro atoms. The van der Waals surface area contributed by atoms with Crippen LogP contribution in [0.25, 0.3) is 0 Å². The Morgan fingerprint density at radius 1 is 1.21 bits per heavy atom. The van der Waals surface area contributed by atoms with Gasteiger partial charge in [-0.2, -0.15) is 0 Å². The lowest BCUT2D eigenvalue weighted by Gasteiger charge is -2.36. The van der Waals surface area contributed by atoms with Gasteiger partial charge in [0.25, 0.3) is 11.5 Å². The average molecular weight is 327 g/mol. The van der Waals surface area contributed by atoms with E-state index in [1.807, 2.05) is 24.3 Å². The van der Waals surface area contributed by atoms with Crippen LogP contribution < -0.4 is 15.6 Å². The molecule has 1 aliphatic rings. The van der Waals surface area contributed by atoms with Gasteiger partial charge in [-0.1, -0.05) is 12.1 Å². The second kappa shape index (κ2) is 6.88. The number of benzene rings is 1. The molecule has 0 unspecified atom stereocenters. The van der Waals surface area contributed by atoms with Gasteiger partial charge in [-0.3, -0.25) is 9.59 Å². The summed E-state index contributed by atoms with van der Waals surface area (Å²) in [5.41, 5.74) is 1.59. The molecule has 1 amide bonds. The molecular weight excluding hydrogens is 306 g/mol. The number of pyridine rings is 1. The smallest absolute Gasteiger partial charge is 0.260 e. The van der Waals surface area contributed by atoms with Crippen molar-refractivity contribution >= 4 is 5.91 Å². The Morgan fingerprint density at radius 3 is 2.62 bits per heavy atom. The lowest BCUT2D eigenvalue weighted by atomic mass is 10.0. The zero-order valence-electron chi connectivity index (χ0n) is 13.8. The number of carbonyl (C=O) groups excluding carboxylic acids is 1. The standard InChI is InChI=1S/C18H21N3O3/c1-12-3-8-15(17(22)20-12)18(23)21-10-9-19-11-16(21)13-4-6-14(24-2)7-5-13/h3-8,16,19H,9-11H2,1-2H3,(H,20,22)/t16-/m1/s1. The van der Waals surface area contributed by atoms with E-state index in [4.69, 9.17) is 4.74 Å². The van der Waals surface area contributed by atoms with E-state index >= 15 is 0 Å². The summed E-state index contributed by atoms with van der Waals surface area (Å²) in [4.78, 5) is 29.5. The van der Waals surface area contributed by atoms with E-state index in [1.54, 1.807) is 31.1 Å². The van der Waals surface area contributed by atoms with Crippen molar-refractivity contribution in [2.24, 2.45) is 0 Å². The number of carbonyl (C=O) groups is 1. The molecule has 3 rings (SSSR count). The van der Waals surface area contributed by atoms with E-state index in [9.17, 15) is 9.59 Å². The maximum atomic E-state index is 12.9. The van der Waals surface area contributed by atoms with E-state index in [1.165, 1.54) is 0 Å². The predicted octanol–water partition coefficient (Wildman–Crippen LogP) is 1.48. The van der Waals surface area contributed by atoms with Gasteiger partial charge in [-0.05, 0) is 36.8 Å². The Bertz CT molecular complexity index is 783. The number of hydrogen-bond donors (Lipinski definition) is 2. The number of nitrogens with zero attached hydrogens (tertiary/aromatic N) is 1. The number of nitrogens with one attached hydrogen (secondary N) is 2. The molecule has 24 heavy (non-hydrogen) atoms. The fraction of sp³-hybridized carbons (Fsp3) is 0.333. The third kappa shape index (κ3) is 3.19. The Hall–Kier alpha value is -2.60. The topological polar surface area (TPSA) is 74.4 Å². The minimum Gasteiger partial charge on any atom is -0.497 e. The fourth-order valence-electron chi connectivity index (χ4n) is 2.97. The molecule has 0 bridgehead atoms. The Labute approximate surface area is 140 Å². The van der Waals surface area contributed by atoms with Crippen molar-refractivity contribution in [3.8, 4) is 5.75 Å². The van der Waals surface area contributed by atoms with Crippen LogP contribution in [0.5, 0.6) is 5.75 Å². The molecular formula is C18H21N3O3. The van der Waals surface area contributed by atoms with Gasteiger partial charge in [0.15, 0.2) is 0 Å². The first kappa shape index (κ1) is 16.3. The molecule has 0 saturated carbocycles. The predicted molar refractivity (Wildman–Crippen MR) is 91.4 cm³/mol. The quantitative estimate of drug-likeness (QED) is 0.895. The molecule has 1 saturated heterocycles. The van der Waals surface area contributed by atoms with Crippen LogP contribution in [-0.2, 0) is 0 Å². The molecule has 0 radical (unpaired) electrons. The molecule has 126 valence electrons. The van der Waals surface area contributed by atoms with Crippen LogP contribution in [-0.4, -0.2) is 42.5 Å². The highest BCUT2D eigenvalue weighted by Gasteiger charge is 2.29. The van der Waals surface area contributed by atoms with Crippen molar-refractivity contribution in [1.82, 2.24) is 15.2 Å². The third-order valence-electron chi connectivity index (χ3n) is 4.29. The van der Waals surface area contributed by atoms with Crippen molar-refractivity contribution < 1.29 is 9.53 Å². The molecule has 6 nitrogen and oxygen atoms in total. The van der Waals surface area contributed by atoms with Crippen LogP contribution >= 0.6 is 0 Å². The number of amides is 1. The number of methoxy groups -OCH3 is 1. The first-order valence-corrected chi connectivity index (χ1v) is 7.95. The fourth-order valence-corrected chi connectivity index (χ4v) is 2.97. The maximum Gasteiger partial charge on any atom is 0.260 e. The van der Waals surface area contributed by atoms with E-state index in [-0.39, 0.29) is 23.1 Å². The van der Waals surface area contributed by atoms with E-state index < -0.39 is 0 Å². The second-order valence-electron chi connectivity index (χ2n) is 5.88. The Kier molecular flexibility index (Phi) is 4.66. The monoisotopic (exact) mass is 327 g/mol. The SMILES string of the molecule is COc1ccc([C@H]2CNCCN2C(=O)c2ccc(C)[nH]c2=O)cc1. The van der Waals surface area contributed by atoms with Crippen LogP contribution in [0.1, 0.15) is 27.7 Å². The summed E-state index contributed by atoms with van der Waals surface area (Å²) in [6, 6.07) is 10.9. The number of H-pyrrole nitrogens is 1. The lowest BCUT2D eigenvalue weighted by molar-refractivity contribution is 0.0632. The van der Waals surface area contributed by atoms with Crippen LogP contribution in [0.4, 0.5) is 0 Å². The summed E-state index contributed by atoms with van der Waals surface area (Å²) in [5.74, 6) is 0.536. The van der Waals surface area contributed by atoms with Crippen LogP contribution in [0.15, 0.2) is 41.2 Å². The summed E-state index contributed by atoms with van der Waals surface area (Å²) in [5, 5.41) is 3.31. The van der Waals surface area contributed by atoms with Crippen LogP contribution in [0.3, 0.4) is 0 Å². The van der Waals surface area contributed by atoms with E-state index in [2.05, 4.69) is 10.3 Å². The molecule has 0 aliphatic carbocycles. The summed E-state index contributed by atoms with van der Waals surface area (Å²) >= 11 is 0. The molecule has 1 atom stereocenters. The van der Waals surface area contributed by atoms with Gasteiger partial charge >= 0.3 is 0 Å². The molecule has 2 heterocycles. The van der Waals surface area contributed by atoms with Crippen molar-refractivity contribution in [2.45, 2.75) is 13.0 Å². The Balaban J connectivity index is 1.91. The van der Waals surface area contributed by atoms with Crippen LogP contribution in [0.2, 0.25) is 0 Å². The number of aromatic amines is 1. The van der Waals surface area contributed by atoms with Gasteiger partial charge in [0, 0.05) is 25.3 Å². The largest absolute Gasteiger partial charge is 0.497 e. The number of rotatable bonds is 3. The number of aryl methyl sites for hydroxylation is 1. The number of piperazine rings is 1. The summed E-state index contributed by atoms with van der Waals surface area (Å²) in [7, 11) is 1.62. The van der Waals surface area contributed by atoms with Gasteiger partial charge < -0.3 is 19.9 Å². The number of hydrogen-bond acceptors (Lipinski definition) is 4. The van der Waals surface area contributed by atoms with Crippen molar-refractivity contribution in [2.75, 3.05) is 26.7 Å². The third-order valence-corrected chi connectivity index (χ3v) is 4.29. The molecule has 1 aromatic carbocycles. The van der Waals surface area contributed by atoms with Crippen molar-refractivity contribution in [1.29, 1.82) is 0 Å². The zero-order chi connectivity index (χ0) is 17.1. The molecule has 2 aromatic rings. The van der Waals surface area contributed by atoms with Gasteiger partial charge in [-0.15, -0.1) is 0 Å². The minimum atomic E-state index is -0.341.